The molecule has 0 saturated carbocycles. The number of rotatable bonds is 8. The molecule has 0 fully saturated rings. The first-order valence-electron chi connectivity index (χ1n) is 8.47. The number of carbonyl (C=O) groups is 2. The average molecular weight is 393 g/mol. The molecule has 0 saturated heterocycles. The summed E-state index contributed by atoms with van der Waals surface area (Å²) in [4.78, 5) is 23.8. The number of hydrogen-bond donors (Lipinski definition) is 1. The van der Waals surface area contributed by atoms with Crippen LogP contribution in [-0.2, 0) is 24.2 Å². The fourth-order valence-corrected chi connectivity index (χ4v) is 3.52. The van der Waals surface area contributed by atoms with Gasteiger partial charge in [0, 0.05) is 12.1 Å². The minimum absolute atomic E-state index is 0.0600. The SMILES string of the molecule is Cc1ccc(S(=O)(=O)CCC(=O)OCC(=O)Nc2ccnn2C(C)C)cc1. The molecule has 0 radical (unpaired) electrons. The largest absolute Gasteiger partial charge is 0.456 e. The number of esters is 1. The smallest absolute Gasteiger partial charge is 0.307 e. The molecule has 1 aromatic heterocycles. The Kier molecular flexibility index (Phi) is 6.73. The third kappa shape index (κ3) is 5.92. The molecule has 9 heteroatoms. The summed E-state index contributed by atoms with van der Waals surface area (Å²) < 4.78 is 30.9. The standard InChI is InChI=1S/C18H23N3O5S/c1-13(2)21-16(8-10-19-21)20-17(22)12-26-18(23)9-11-27(24,25)15-6-4-14(3)5-7-15/h4-8,10,13H,9,11-12H2,1-3H3,(H,20,22). The molecule has 0 aliphatic heterocycles. The second-order valence-electron chi connectivity index (χ2n) is 6.35. The van der Waals surface area contributed by atoms with Crippen molar-refractivity contribution in [2.75, 3.05) is 17.7 Å². The van der Waals surface area contributed by atoms with Crippen LogP contribution in [0.1, 0.15) is 31.9 Å². The molecule has 146 valence electrons. The second-order valence-corrected chi connectivity index (χ2v) is 8.45. The van der Waals surface area contributed by atoms with Gasteiger partial charge in [0.2, 0.25) is 0 Å². The summed E-state index contributed by atoms with van der Waals surface area (Å²) in [6, 6.07) is 8.08. The van der Waals surface area contributed by atoms with Crippen molar-refractivity contribution in [3.05, 3.63) is 42.1 Å². The minimum Gasteiger partial charge on any atom is -0.456 e. The molecular formula is C18H23N3O5S. The topological polar surface area (TPSA) is 107 Å². The van der Waals surface area contributed by atoms with Crippen molar-refractivity contribution >= 4 is 27.5 Å². The lowest BCUT2D eigenvalue weighted by molar-refractivity contribution is -0.146. The molecule has 1 heterocycles. The van der Waals surface area contributed by atoms with Crippen molar-refractivity contribution in [1.29, 1.82) is 0 Å². The van der Waals surface area contributed by atoms with E-state index in [9.17, 15) is 18.0 Å². The van der Waals surface area contributed by atoms with Crippen LogP contribution in [0.2, 0.25) is 0 Å². The van der Waals surface area contributed by atoms with Gasteiger partial charge in [0.05, 0.1) is 23.3 Å². The summed E-state index contributed by atoms with van der Waals surface area (Å²) in [7, 11) is -3.58. The molecule has 1 N–H and O–H groups in total. The molecule has 0 aliphatic rings. The predicted molar refractivity (Wildman–Crippen MR) is 100 cm³/mol. The van der Waals surface area contributed by atoms with Crippen LogP contribution in [0.3, 0.4) is 0 Å². The van der Waals surface area contributed by atoms with Gasteiger partial charge in [0.1, 0.15) is 5.82 Å². The van der Waals surface area contributed by atoms with Gasteiger partial charge < -0.3 is 10.1 Å². The Bertz CT molecular complexity index is 901. The molecular weight excluding hydrogens is 370 g/mol. The van der Waals surface area contributed by atoms with Crippen molar-refractivity contribution in [2.24, 2.45) is 0 Å². The number of aromatic nitrogens is 2. The van der Waals surface area contributed by atoms with Crippen LogP contribution < -0.4 is 5.32 Å². The van der Waals surface area contributed by atoms with E-state index in [0.29, 0.717) is 5.82 Å². The molecule has 0 spiro atoms. The molecule has 27 heavy (non-hydrogen) atoms. The fourth-order valence-electron chi connectivity index (χ4n) is 2.30. The zero-order chi connectivity index (χ0) is 20.0. The maximum absolute atomic E-state index is 12.2. The van der Waals surface area contributed by atoms with Crippen molar-refractivity contribution in [3.63, 3.8) is 0 Å². The van der Waals surface area contributed by atoms with E-state index in [2.05, 4.69) is 10.4 Å². The highest BCUT2D eigenvalue weighted by Gasteiger charge is 2.18. The highest BCUT2D eigenvalue weighted by molar-refractivity contribution is 7.91. The number of amides is 1. The number of sulfone groups is 1. The molecule has 0 bridgehead atoms. The average Bonchev–Trinajstić information content (AvgIpc) is 3.07. The summed E-state index contributed by atoms with van der Waals surface area (Å²) in [6.45, 7) is 5.19. The minimum atomic E-state index is -3.58. The van der Waals surface area contributed by atoms with E-state index in [-0.39, 0.29) is 23.1 Å². The quantitative estimate of drug-likeness (QED) is 0.689. The van der Waals surface area contributed by atoms with Crippen molar-refractivity contribution in [3.8, 4) is 0 Å². The highest BCUT2D eigenvalue weighted by Crippen LogP contribution is 2.14. The summed E-state index contributed by atoms with van der Waals surface area (Å²) in [5.74, 6) is -1.16. The number of nitrogens with zero attached hydrogens (tertiary/aromatic N) is 2. The Labute approximate surface area is 158 Å². The lowest BCUT2D eigenvalue weighted by atomic mass is 10.2. The van der Waals surface area contributed by atoms with Crippen molar-refractivity contribution in [2.45, 2.75) is 38.1 Å². The summed E-state index contributed by atoms with van der Waals surface area (Å²) in [6.07, 6.45) is 1.23. The number of hydrogen-bond acceptors (Lipinski definition) is 6. The Balaban J connectivity index is 1.81. The molecule has 8 nitrogen and oxygen atoms in total. The highest BCUT2D eigenvalue weighted by atomic mass is 32.2. The van der Waals surface area contributed by atoms with Crippen LogP contribution in [0.25, 0.3) is 0 Å². The first-order valence-corrected chi connectivity index (χ1v) is 10.1. The fraction of sp³-hybridized carbons (Fsp3) is 0.389. The number of nitrogens with one attached hydrogen (secondary N) is 1. The number of ether oxygens (including phenoxy) is 1. The predicted octanol–water partition coefficient (Wildman–Crippen LogP) is 2.12. The van der Waals surface area contributed by atoms with Gasteiger partial charge in [-0.3, -0.25) is 9.59 Å². The molecule has 1 amide bonds. The van der Waals surface area contributed by atoms with E-state index in [4.69, 9.17) is 4.74 Å². The van der Waals surface area contributed by atoms with Gasteiger partial charge in [-0.05, 0) is 32.9 Å². The number of carbonyl (C=O) groups excluding carboxylic acids is 2. The van der Waals surface area contributed by atoms with Gasteiger partial charge in [-0.25, -0.2) is 13.1 Å². The van der Waals surface area contributed by atoms with E-state index in [1.54, 1.807) is 29.1 Å². The molecule has 0 unspecified atom stereocenters. The number of benzene rings is 1. The zero-order valence-corrected chi connectivity index (χ0v) is 16.3. The van der Waals surface area contributed by atoms with Gasteiger partial charge in [-0.15, -0.1) is 0 Å². The molecule has 2 rings (SSSR count). The van der Waals surface area contributed by atoms with E-state index in [1.165, 1.54) is 12.1 Å². The van der Waals surface area contributed by atoms with Gasteiger partial charge in [-0.1, -0.05) is 17.7 Å². The summed E-state index contributed by atoms with van der Waals surface area (Å²) in [5, 5.41) is 6.68. The maximum atomic E-state index is 12.2. The van der Waals surface area contributed by atoms with Gasteiger partial charge in [0.25, 0.3) is 5.91 Å². The monoisotopic (exact) mass is 393 g/mol. The van der Waals surface area contributed by atoms with Crippen LogP contribution >= 0.6 is 0 Å². The van der Waals surface area contributed by atoms with Gasteiger partial charge in [0.15, 0.2) is 16.4 Å². The van der Waals surface area contributed by atoms with Gasteiger partial charge >= 0.3 is 5.97 Å². The maximum Gasteiger partial charge on any atom is 0.307 e. The molecule has 0 aliphatic carbocycles. The summed E-state index contributed by atoms with van der Waals surface area (Å²) >= 11 is 0. The van der Waals surface area contributed by atoms with Crippen LogP contribution in [-0.4, -0.2) is 42.4 Å². The van der Waals surface area contributed by atoms with Crippen LogP contribution in [0.4, 0.5) is 5.82 Å². The number of aryl methyl sites for hydroxylation is 1. The van der Waals surface area contributed by atoms with Crippen LogP contribution in [0.15, 0.2) is 41.4 Å². The van der Waals surface area contributed by atoms with Crippen LogP contribution in [0.5, 0.6) is 0 Å². The third-order valence-electron chi connectivity index (χ3n) is 3.75. The van der Waals surface area contributed by atoms with E-state index < -0.39 is 28.3 Å². The van der Waals surface area contributed by atoms with Gasteiger partial charge in [-0.2, -0.15) is 5.10 Å². The van der Waals surface area contributed by atoms with E-state index in [1.807, 2.05) is 20.8 Å². The van der Waals surface area contributed by atoms with Crippen molar-refractivity contribution in [1.82, 2.24) is 9.78 Å². The van der Waals surface area contributed by atoms with E-state index >= 15 is 0 Å². The normalized spacial score (nSPS) is 11.4. The molecule has 1 aromatic carbocycles. The lowest BCUT2D eigenvalue weighted by Gasteiger charge is -2.12. The van der Waals surface area contributed by atoms with E-state index in [0.717, 1.165) is 5.56 Å². The summed E-state index contributed by atoms with van der Waals surface area (Å²) in [5.41, 5.74) is 0.943. The first-order chi connectivity index (χ1) is 12.7. The number of anilines is 1. The Morgan fingerprint density at radius 1 is 1.19 bits per heavy atom. The lowest BCUT2D eigenvalue weighted by Crippen LogP contribution is -2.23. The zero-order valence-electron chi connectivity index (χ0n) is 15.5. The Hall–Kier alpha value is -2.68. The third-order valence-corrected chi connectivity index (χ3v) is 5.48. The Morgan fingerprint density at radius 3 is 2.48 bits per heavy atom. The first kappa shape index (κ1) is 20.6. The Morgan fingerprint density at radius 2 is 1.85 bits per heavy atom. The molecule has 2 aromatic rings. The van der Waals surface area contributed by atoms with Crippen LogP contribution in [0, 0.1) is 6.92 Å². The van der Waals surface area contributed by atoms with Crippen molar-refractivity contribution < 1.29 is 22.7 Å². The molecule has 0 atom stereocenters. The second kappa shape index (κ2) is 8.81.